The maximum Gasteiger partial charge on any atom is 0.305 e. The molecule has 1 atom stereocenters. The van der Waals surface area contributed by atoms with Crippen molar-refractivity contribution in [3.05, 3.63) is 36.5 Å². The first-order valence-corrected chi connectivity index (χ1v) is 9.60. The molecule has 144 valence electrons. The average molecular weight is 353 g/mol. The molecule has 0 rings (SSSR count). The summed E-state index contributed by atoms with van der Waals surface area (Å²) in [6.45, 7) is 1.64. The van der Waals surface area contributed by atoms with E-state index >= 15 is 0 Å². The van der Waals surface area contributed by atoms with Crippen molar-refractivity contribution >= 4 is 5.97 Å². The van der Waals surface area contributed by atoms with Gasteiger partial charge in [0, 0.05) is 6.42 Å². The summed E-state index contributed by atoms with van der Waals surface area (Å²) in [4.78, 5) is 11.4. The van der Waals surface area contributed by atoms with E-state index in [2.05, 4.69) is 43.4 Å². The Bertz CT molecular complexity index is 385. The van der Waals surface area contributed by atoms with E-state index in [0.717, 1.165) is 44.9 Å². The monoisotopic (exact) mass is 352 g/mol. The molecular weight excluding hydrogens is 316 g/mol. The molecule has 0 aliphatic heterocycles. The average Bonchev–Trinajstić information content (AvgIpc) is 2.62. The van der Waals surface area contributed by atoms with Gasteiger partial charge in [-0.05, 0) is 38.5 Å². The largest absolute Gasteiger partial charge is 0.463 e. The maximum absolute atomic E-state index is 11.4. The number of aliphatic hydroxyl groups excluding tert-OH is 2. The molecule has 0 radical (unpaired) electrons. The summed E-state index contributed by atoms with van der Waals surface area (Å²) >= 11 is 0. The smallest absolute Gasteiger partial charge is 0.305 e. The molecule has 4 nitrogen and oxygen atoms in total. The van der Waals surface area contributed by atoms with Crippen molar-refractivity contribution in [1.82, 2.24) is 0 Å². The summed E-state index contributed by atoms with van der Waals surface area (Å²) in [6, 6.07) is 0. The van der Waals surface area contributed by atoms with Crippen LogP contribution >= 0.6 is 0 Å². The SMILES string of the molecule is CCC=CCC=CCC=CCCCCCCCC(=O)OC[C@@H](O)CO. The molecule has 0 saturated heterocycles. The number of esters is 1. The van der Waals surface area contributed by atoms with Gasteiger partial charge in [-0.25, -0.2) is 0 Å². The summed E-state index contributed by atoms with van der Waals surface area (Å²) in [5.74, 6) is -0.298. The van der Waals surface area contributed by atoms with Crippen molar-refractivity contribution in [3.63, 3.8) is 0 Å². The zero-order valence-electron chi connectivity index (χ0n) is 15.7. The summed E-state index contributed by atoms with van der Waals surface area (Å²) in [5, 5.41) is 17.7. The van der Waals surface area contributed by atoms with Gasteiger partial charge < -0.3 is 14.9 Å². The lowest BCUT2D eigenvalue weighted by molar-refractivity contribution is -0.147. The highest BCUT2D eigenvalue weighted by molar-refractivity contribution is 5.69. The van der Waals surface area contributed by atoms with Crippen molar-refractivity contribution in [2.75, 3.05) is 13.2 Å². The first-order valence-electron chi connectivity index (χ1n) is 9.60. The van der Waals surface area contributed by atoms with Gasteiger partial charge >= 0.3 is 5.97 Å². The Hall–Kier alpha value is -1.39. The van der Waals surface area contributed by atoms with E-state index in [1.807, 2.05) is 0 Å². The Morgan fingerprint density at radius 3 is 2.20 bits per heavy atom. The van der Waals surface area contributed by atoms with Gasteiger partial charge in [-0.3, -0.25) is 4.79 Å². The highest BCUT2D eigenvalue weighted by Gasteiger charge is 2.07. The van der Waals surface area contributed by atoms with Crippen LogP contribution in [-0.4, -0.2) is 35.5 Å². The van der Waals surface area contributed by atoms with Crippen LogP contribution in [0.5, 0.6) is 0 Å². The number of allylic oxidation sites excluding steroid dienone is 6. The van der Waals surface area contributed by atoms with E-state index in [0.29, 0.717) is 6.42 Å². The van der Waals surface area contributed by atoms with Crippen LogP contribution in [0.25, 0.3) is 0 Å². The Morgan fingerprint density at radius 2 is 1.52 bits per heavy atom. The lowest BCUT2D eigenvalue weighted by Gasteiger charge is -2.08. The third-order valence-electron chi connectivity index (χ3n) is 3.68. The van der Waals surface area contributed by atoms with Crippen LogP contribution in [0.1, 0.15) is 71.1 Å². The molecule has 4 heteroatoms. The zero-order valence-corrected chi connectivity index (χ0v) is 15.7. The molecule has 25 heavy (non-hydrogen) atoms. The van der Waals surface area contributed by atoms with Gasteiger partial charge in [-0.1, -0.05) is 62.6 Å². The van der Waals surface area contributed by atoms with E-state index in [1.54, 1.807) is 0 Å². The number of hydrogen-bond donors (Lipinski definition) is 2. The third kappa shape index (κ3) is 18.8. The molecule has 0 aliphatic rings. The fraction of sp³-hybridized carbons (Fsp3) is 0.667. The van der Waals surface area contributed by atoms with Crippen molar-refractivity contribution < 1.29 is 19.7 Å². The lowest BCUT2D eigenvalue weighted by atomic mass is 10.1. The van der Waals surface area contributed by atoms with Crippen molar-refractivity contribution in [2.45, 2.75) is 77.2 Å². The normalized spacial score (nSPS) is 13.2. The van der Waals surface area contributed by atoms with Crippen LogP contribution in [0, 0.1) is 0 Å². The second kappa shape index (κ2) is 18.9. The zero-order chi connectivity index (χ0) is 18.6. The van der Waals surface area contributed by atoms with Crippen LogP contribution in [0.4, 0.5) is 0 Å². The highest BCUT2D eigenvalue weighted by atomic mass is 16.5. The van der Waals surface area contributed by atoms with E-state index in [1.165, 1.54) is 12.8 Å². The van der Waals surface area contributed by atoms with E-state index in [9.17, 15) is 4.79 Å². The van der Waals surface area contributed by atoms with Crippen LogP contribution < -0.4 is 0 Å². The first-order chi connectivity index (χ1) is 12.2. The van der Waals surface area contributed by atoms with Crippen LogP contribution in [0.3, 0.4) is 0 Å². The topological polar surface area (TPSA) is 66.8 Å². The molecule has 0 heterocycles. The Kier molecular flexibility index (Phi) is 17.9. The fourth-order valence-electron chi connectivity index (χ4n) is 2.20. The number of ether oxygens (including phenoxy) is 1. The molecule has 0 aromatic rings. The minimum atomic E-state index is -0.967. The van der Waals surface area contributed by atoms with Gasteiger partial charge in [0.15, 0.2) is 0 Å². The number of carbonyl (C=O) groups excluding carboxylic acids is 1. The lowest BCUT2D eigenvalue weighted by Crippen LogP contribution is -2.21. The number of hydrogen-bond acceptors (Lipinski definition) is 4. The second-order valence-electron chi connectivity index (χ2n) is 6.12. The van der Waals surface area contributed by atoms with Crippen LogP contribution in [-0.2, 0) is 9.53 Å². The predicted octanol–water partition coefficient (Wildman–Crippen LogP) is 4.47. The maximum atomic E-state index is 11.4. The summed E-state index contributed by atoms with van der Waals surface area (Å²) in [6.07, 6.45) is 22.3. The van der Waals surface area contributed by atoms with Crippen LogP contribution in [0.2, 0.25) is 0 Å². The quantitative estimate of drug-likeness (QED) is 0.244. The molecule has 0 unspecified atom stereocenters. The van der Waals surface area contributed by atoms with Crippen molar-refractivity contribution in [1.29, 1.82) is 0 Å². The van der Waals surface area contributed by atoms with Crippen LogP contribution in [0.15, 0.2) is 36.5 Å². The Morgan fingerprint density at radius 1 is 0.920 bits per heavy atom. The van der Waals surface area contributed by atoms with Gasteiger partial charge in [0.2, 0.25) is 0 Å². The molecule has 0 saturated carbocycles. The molecule has 0 aromatic heterocycles. The van der Waals surface area contributed by atoms with Crippen molar-refractivity contribution in [2.24, 2.45) is 0 Å². The molecule has 0 spiro atoms. The molecule has 0 aromatic carbocycles. The summed E-state index contributed by atoms with van der Waals surface area (Å²) in [5.41, 5.74) is 0. The molecule has 0 fully saturated rings. The molecule has 0 amide bonds. The number of unbranched alkanes of at least 4 members (excludes halogenated alkanes) is 5. The summed E-state index contributed by atoms with van der Waals surface area (Å²) in [7, 11) is 0. The van der Waals surface area contributed by atoms with Gasteiger partial charge in [0.1, 0.15) is 12.7 Å². The Balaban J connectivity index is 3.34. The molecule has 2 N–H and O–H groups in total. The van der Waals surface area contributed by atoms with Gasteiger partial charge in [0.05, 0.1) is 6.61 Å². The number of aliphatic hydroxyl groups is 2. The third-order valence-corrected chi connectivity index (χ3v) is 3.68. The van der Waals surface area contributed by atoms with Crippen molar-refractivity contribution in [3.8, 4) is 0 Å². The van der Waals surface area contributed by atoms with E-state index in [4.69, 9.17) is 14.9 Å². The predicted molar refractivity (Wildman–Crippen MR) is 103 cm³/mol. The second-order valence-corrected chi connectivity index (χ2v) is 6.12. The number of carbonyl (C=O) groups is 1. The summed E-state index contributed by atoms with van der Waals surface area (Å²) < 4.78 is 4.85. The minimum absolute atomic E-state index is 0.119. The molecule has 0 bridgehead atoms. The Labute approximate surface area is 153 Å². The highest BCUT2D eigenvalue weighted by Crippen LogP contribution is 2.08. The van der Waals surface area contributed by atoms with Gasteiger partial charge in [0.25, 0.3) is 0 Å². The molecular formula is C21H36O4. The first kappa shape index (κ1) is 23.6. The molecule has 0 aliphatic carbocycles. The van der Waals surface area contributed by atoms with Gasteiger partial charge in [-0.15, -0.1) is 0 Å². The van der Waals surface area contributed by atoms with Gasteiger partial charge in [-0.2, -0.15) is 0 Å². The minimum Gasteiger partial charge on any atom is -0.463 e. The van der Waals surface area contributed by atoms with E-state index in [-0.39, 0.29) is 19.2 Å². The standard InChI is InChI=1S/C21H36O4/c1-2-3-4-5-6-7-8-9-10-11-12-13-14-15-16-17-21(24)25-19-20(23)18-22/h3-4,6-7,9-10,20,22-23H,2,5,8,11-19H2,1H3/t20-/m0/s1. The fourth-order valence-corrected chi connectivity index (χ4v) is 2.20. The number of rotatable bonds is 16. The van der Waals surface area contributed by atoms with E-state index < -0.39 is 6.10 Å².